The van der Waals surface area contributed by atoms with Crippen molar-refractivity contribution in [2.24, 2.45) is 0 Å². The van der Waals surface area contributed by atoms with Crippen LogP contribution in [0.3, 0.4) is 0 Å². The summed E-state index contributed by atoms with van der Waals surface area (Å²) in [5, 5.41) is 2.86. The molecule has 0 saturated carbocycles. The molecule has 4 nitrogen and oxygen atoms in total. The van der Waals surface area contributed by atoms with Gasteiger partial charge in [-0.3, -0.25) is 4.79 Å². The number of rotatable bonds is 5. The third kappa shape index (κ3) is 3.90. The van der Waals surface area contributed by atoms with Gasteiger partial charge in [0.1, 0.15) is 5.65 Å². The lowest BCUT2D eigenvalue weighted by Crippen LogP contribution is -2.20. The van der Waals surface area contributed by atoms with Crippen molar-refractivity contribution in [2.45, 2.75) is 26.3 Å². The molecule has 0 aliphatic carbocycles. The fraction of sp³-hybridized carbons (Fsp3) is 0.200. The predicted molar refractivity (Wildman–Crippen MR) is 96.6 cm³/mol. The number of benzene rings is 1. The number of hydrogen-bond acceptors (Lipinski definition) is 2. The van der Waals surface area contributed by atoms with E-state index in [4.69, 9.17) is 0 Å². The minimum absolute atomic E-state index is 0.125. The van der Waals surface area contributed by atoms with E-state index in [1.165, 1.54) is 5.56 Å². The highest BCUT2D eigenvalue weighted by Crippen LogP contribution is 2.15. The average Bonchev–Trinajstić information content (AvgIpc) is 3.01. The topological polar surface area (TPSA) is 46.4 Å². The molecule has 0 fully saturated rings. The van der Waals surface area contributed by atoms with Gasteiger partial charge in [0, 0.05) is 18.5 Å². The quantitative estimate of drug-likeness (QED) is 0.727. The number of aromatic nitrogens is 2. The number of hydrogen-bond donors (Lipinski definition) is 1. The maximum absolute atomic E-state index is 11.9. The van der Waals surface area contributed by atoms with E-state index in [-0.39, 0.29) is 5.91 Å². The second-order valence-electron chi connectivity index (χ2n) is 6.07. The number of fused-ring (bicyclic) bond motifs is 1. The number of nitrogens with one attached hydrogen (secondary N) is 1. The third-order valence-electron chi connectivity index (χ3n) is 3.89. The van der Waals surface area contributed by atoms with Crippen LogP contribution in [0.1, 0.15) is 36.6 Å². The Morgan fingerprint density at radius 2 is 2.00 bits per heavy atom. The Labute approximate surface area is 141 Å². The van der Waals surface area contributed by atoms with Crippen LogP contribution in [0.15, 0.2) is 60.9 Å². The molecule has 1 N–H and O–H groups in total. The van der Waals surface area contributed by atoms with Crippen molar-refractivity contribution < 1.29 is 4.79 Å². The molecule has 3 rings (SSSR count). The van der Waals surface area contributed by atoms with E-state index in [0.29, 0.717) is 12.5 Å². The Morgan fingerprint density at radius 1 is 1.21 bits per heavy atom. The summed E-state index contributed by atoms with van der Waals surface area (Å²) in [4.78, 5) is 16.4. The van der Waals surface area contributed by atoms with Gasteiger partial charge in [-0.2, -0.15) is 0 Å². The molecule has 2 heterocycles. The van der Waals surface area contributed by atoms with Gasteiger partial charge in [0.05, 0.1) is 12.2 Å². The second kappa shape index (κ2) is 7.13. The summed E-state index contributed by atoms with van der Waals surface area (Å²) in [6, 6.07) is 14.1. The number of carbonyl (C=O) groups is 1. The molecule has 0 radical (unpaired) electrons. The Kier molecular flexibility index (Phi) is 4.75. The number of carbonyl (C=O) groups excluding carboxylic acids is 1. The summed E-state index contributed by atoms with van der Waals surface area (Å²) in [7, 11) is 0. The summed E-state index contributed by atoms with van der Waals surface area (Å²) < 4.78 is 1.94. The molecule has 0 aliphatic heterocycles. The van der Waals surface area contributed by atoms with Crippen LogP contribution >= 0.6 is 0 Å². The zero-order valence-corrected chi connectivity index (χ0v) is 13.9. The van der Waals surface area contributed by atoms with Crippen LogP contribution in [0.4, 0.5) is 0 Å². The Hall–Kier alpha value is -2.88. The van der Waals surface area contributed by atoms with Gasteiger partial charge >= 0.3 is 0 Å². The van der Waals surface area contributed by atoms with Gasteiger partial charge in [-0.25, -0.2) is 4.98 Å². The van der Waals surface area contributed by atoms with Crippen molar-refractivity contribution in [3.8, 4) is 0 Å². The van der Waals surface area contributed by atoms with Crippen LogP contribution in [0.5, 0.6) is 0 Å². The lowest BCUT2D eigenvalue weighted by Gasteiger charge is -2.04. The molecule has 0 aliphatic rings. The highest BCUT2D eigenvalue weighted by Gasteiger charge is 2.02. The smallest absolute Gasteiger partial charge is 0.244 e. The first-order valence-electron chi connectivity index (χ1n) is 8.10. The zero-order valence-electron chi connectivity index (χ0n) is 13.9. The van der Waals surface area contributed by atoms with Crippen LogP contribution in [-0.4, -0.2) is 15.3 Å². The Morgan fingerprint density at radius 3 is 2.71 bits per heavy atom. The summed E-state index contributed by atoms with van der Waals surface area (Å²) >= 11 is 0. The summed E-state index contributed by atoms with van der Waals surface area (Å²) in [6.07, 6.45) is 7.24. The van der Waals surface area contributed by atoms with Gasteiger partial charge in [0.25, 0.3) is 0 Å². The first-order chi connectivity index (χ1) is 11.6. The van der Waals surface area contributed by atoms with Crippen molar-refractivity contribution in [3.63, 3.8) is 0 Å². The van der Waals surface area contributed by atoms with E-state index < -0.39 is 0 Å². The molecule has 122 valence electrons. The van der Waals surface area contributed by atoms with Crippen LogP contribution in [0, 0.1) is 0 Å². The van der Waals surface area contributed by atoms with Gasteiger partial charge in [0.2, 0.25) is 5.91 Å². The monoisotopic (exact) mass is 319 g/mol. The van der Waals surface area contributed by atoms with Gasteiger partial charge in [-0.15, -0.1) is 0 Å². The van der Waals surface area contributed by atoms with Crippen molar-refractivity contribution >= 4 is 17.6 Å². The summed E-state index contributed by atoms with van der Waals surface area (Å²) in [5.74, 6) is 0.386. The van der Waals surface area contributed by atoms with Gasteiger partial charge < -0.3 is 9.72 Å². The molecule has 2 aromatic heterocycles. The van der Waals surface area contributed by atoms with Gasteiger partial charge in [-0.1, -0.05) is 44.2 Å². The molecule has 1 aromatic carbocycles. The largest absolute Gasteiger partial charge is 0.347 e. The van der Waals surface area contributed by atoms with E-state index in [0.717, 1.165) is 16.9 Å². The van der Waals surface area contributed by atoms with Crippen molar-refractivity contribution in [3.05, 3.63) is 77.8 Å². The molecule has 3 aromatic rings. The van der Waals surface area contributed by atoms with Crippen LogP contribution in [-0.2, 0) is 11.3 Å². The number of amides is 1. The number of imidazole rings is 1. The fourth-order valence-corrected chi connectivity index (χ4v) is 2.47. The predicted octanol–water partition coefficient (Wildman–Crippen LogP) is 3.79. The maximum Gasteiger partial charge on any atom is 0.244 e. The van der Waals surface area contributed by atoms with E-state index in [1.54, 1.807) is 6.08 Å². The first kappa shape index (κ1) is 16.0. The molecular weight excluding hydrogens is 298 g/mol. The molecule has 24 heavy (non-hydrogen) atoms. The number of nitrogens with zero attached hydrogens (tertiary/aromatic N) is 2. The van der Waals surface area contributed by atoms with Crippen molar-refractivity contribution in [2.75, 3.05) is 0 Å². The fourth-order valence-electron chi connectivity index (χ4n) is 2.47. The molecule has 0 atom stereocenters. The highest BCUT2D eigenvalue weighted by atomic mass is 16.1. The molecule has 0 spiro atoms. The molecule has 0 bridgehead atoms. The molecule has 1 amide bonds. The van der Waals surface area contributed by atoms with Gasteiger partial charge in [0.15, 0.2) is 0 Å². The summed E-state index contributed by atoms with van der Waals surface area (Å²) in [5.41, 5.74) is 4.03. The van der Waals surface area contributed by atoms with E-state index >= 15 is 0 Å². The van der Waals surface area contributed by atoms with Crippen LogP contribution in [0.2, 0.25) is 0 Å². The van der Waals surface area contributed by atoms with Crippen LogP contribution in [0.25, 0.3) is 11.7 Å². The van der Waals surface area contributed by atoms with Crippen molar-refractivity contribution in [1.29, 1.82) is 0 Å². The normalized spacial score (nSPS) is 11.5. The van der Waals surface area contributed by atoms with E-state index in [2.05, 4.69) is 36.3 Å². The van der Waals surface area contributed by atoms with Crippen molar-refractivity contribution in [1.82, 2.24) is 14.7 Å². The standard InChI is InChI=1S/C20H21N3O/c1-15(2)17-9-6-16(7-10-17)8-11-20(24)21-13-18-14-23-12-4-3-5-19(23)22-18/h3-12,14-15H,13H2,1-2H3,(H,21,24)/b11-8+. The Balaban J connectivity index is 1.56. The van der Waals surface area contributed by atoms with Crippen LogP contribution < -0.4 is 5.32 Å². The number of pyridine rings is 1. The molecule has 0 unspecified atom stereocenters. The first-order valence-corrected chi connectivity index (χ1v) is 8.10. The highest BCUT2D eigenvalue weighted by molar-refractivity contribution is 5.91. The molecule has 0 saturated heterocycles. The lowest BCUT2D eigenvalue weighted by atomic mass is 10.0. The van der Waals surface area contributed by atoms with E-state index in [1.807, 2.05) is 53.2 Å². The summed E-state index contributed by atoms with van der Waals surface area (Å²) in [6.45, 7) is 4.74. The molecule has 4 heteroatoms. The third-order valence-corrected chi connectivity index (χ3v) is 3.89. The minimum atomic E-state index is -0.125. The second-order valence-corrected chi connectivity index (χ2v) is 6.07. The van der Waals surface area contributed by atoms with E-state index in [9.17, 15) is 4.79 Å². The molecular formula is C20H21N3O. The minimum Gasteiger partial charge on any atom is -0.347 e. The zero-order chi connectivity index (χ0) is 16.9. The maximum atomic E-state index is 11.9. The van der Waals surface area contributed by atoms with Gasteiger partial charge in [-0.05, 0) is 35.3 Å². The lowest BCUT2D eigenvalue weighted by molar-refractivity contribution is -0.116. The SMILES string of the molecule is CC(C)c1ccc(/C=C/C(=O)NCc2cn3ccccc3n2)cc1. The average molecular weight is 319 g/mol. The Bertz CT molecular complexity index is 827.